The summed E-state index contributed by atoms with van der Waals surface area (Å²) in [6, 6.07) is 29.1. The van der Waals surface area contributed by atoms with Crippen LogP contribution >= 0.6 is 0 Å². The average molecular weight is 609 g/mol. The summed E-state index contributed by atoms with van der Waals surface area (Å²) in [6.45, 7) is 2.25. The van der Waals surface area contributed by atoms with Gasteiger partial charge in [0.25, 0.3) is 0 Å². The molecule has 2 aliphatic rings. The summed E-state index contributed by atoms with van der Waals surface area (Å²) in [7, 11) is 0. The number of allylic oxidation sites excluding steroid dienone is 2. The van der Waals surface area contributed by atoms with Crippen LogP contribution in [0.3, 0.4) is 0 Å². The number of aryl methyl sites for hydroxylation is 1. The predicted octanol–water partition coefficient (Wildman–Crippen LogP) is 0.861. The van der Waals surface area contributed by atoms with Gasteiger partial charge in [-0.05, 0) is 0 Å². The smallest absolute Gasteiger partial charge is 1.00 e. The van der Waals surface area contributed by atoms with Crippen LogP contribution in [0.15, 0.2) is 84.9 Å². The monoisotopic (exact) mass is 609 g/mol. The number of halogens is 2. The van der Waals surface area contributed by atoms with E-state index in [0.29, 0.717) is 7.35 Å². The van der Waals surface area contributed by atoms with Gasteiger partial charge >= 0.3 is 183 Å². The van der Waals surface area contributed by atoms with Crippen LogP contribution < -0.4 is 24.8 Å². The van der Waals surface area contributed by atoms with Crippen molar-refractivity contribution in [2.24, 2.45) is 0 Å². The molecule has 6 rings (SSSR count). The minimum Gasteiger partial charge on any atom is -1.00 e. The van der Waals surface area contributed by atoms with Gasteiger partial charge < -0.3 is 24.8 Å². The molecule has 1 aromatic heterocycles. The maximum Gasteiger partial charge on any atom is -1.00 e. The maximum atomic E-state index is 2.53. The summed E-state index contributed by atoms with van der Waals surface area (Å²) in [4.78, 5) is 0. The first kappa shape index (κ1) is 22.3. The summed E-state index contributed by atoms with van der Waals surface area (Å²) < 4.78 is 3.77. The molecule has 0 saturated carbocycles. The number of hydrogen-bond donors (Lipinski definition) is 0. The number of aromatic nitrogens is 1. The van der Waals surface area contributed by atoms with Crippen LogP contribution in [0.2, 0.25) is 0 Å². The van der Waals surface area contributed by atoms with Crippen LogP contribution in [0, 0.1) is 6.92 Å². The fourth-order valence-electron chi connectivity index (χ4n) is 4.89. The van der Waals surface area contributed by atoms with Gasteiger partial charge in [0.1, 0.15) is 0 Å². The molecule has 0 amide bonds. The van der Waals surface area contributed by atoms with Crippen molar-refractivity contribution < 1.29 is 47.7 Å². The third-order valence-corrected chi connectivity index (χ3v) is 12.7. The molecule has 0 radical (unpaired) electrons. The zero-order valence-corrected chi connectivity index (χ0v) is 22.2. The third-order valence-electron chi connectivity index (χ3n) is 6.20. The molecule has 1 nitrogen and oxygen atoms in total. The van der Waals surface area contributed by atoms with Gasteiger partial charge in [-0.1, -0.05) is 0 Å². The van der Waals surface area contributed by atoms with Crippen LogP contribution in [0.1, 0.15) is 35.3 Å². The molecule has 31 heavy (non-hydrogen) atoms. The van der Waals surface area contributed by atoms with E-state index in [4.69, 9.17) is 0 Å². The van der Waals surface area contributed by atoms with Gasteiger partial charge in [-0.25, -0.2) is 0 Å². The normalized spacial score (nSPS) is 17.9. The van der Waals surface area contributed by atoms with Crippen LogP contribution in [-0.2, 0) is 22.9 Å². The van der Waals surface area contributed by atoms with E-state index >= 15 is 0 Å². The number of para-hydroxylation sites is 1. The van der Waals surface area contributed by atoms with E-state index in [1.807, 2.05) is 0 Å². The molecule has 0 fully saturated rings. The average Bonchev–Trinajstić information content (AvgIpc) is 3.41. The molecule has 4 aromatic rings. The Bertz CT molecular complexity index is 1320. The molecular formula is C27H21Cl2HfN. The Morgan fingerprint density at radius 3 is 2.29 bits per heavy atom. The van der Waals surface area contributed by atoms with E-state index in [1.54, 1.807) is 11.1 Å². The fourth-order valence-corrected chi connectivity index (χ4v) is 11.5. The molecule has 4 heteroatoms. The van der Waals surface area contributed by atoms with E-state index < -0.39 is 22.9 Å². The number of fused-ring (bicyclic) bond motifs is 3. The van der Waals surface area contributed by atoms with Crippen molar-refractivity contribution in [3.8, 4) is 0 Å². The second kappa shape index (κ2) is 8.94. The Kier molecular flexibility index (Phi) is 6.44. The number of rotatable bonds is 3. The summed E-state index contributed by atoms with van der Waals surface area (Å²) in [5.41, 5.74) is 10.1. The molecule has 152 valence electrons. The van der Waals surface area contributed by atoms with Gasteiger partial charge in [0.15, 0.2) is 0 Å². The standard InChI is InChI=1S/C18H14N.C9H7.2ClH.Hf/c1-13-10-16-8-4-5-9-18(16)19(13)17-11-14-6-2-3-7-15(14)12-17;1-2-5-9-7-3-6-8(9)4-1;;;/h2-12H,1H3;1-7H;2*1H;/q;;;;+2/p-2. The van der Waals surface area contributed by atoms with Crippen molar-refractivity contribution in [3.63, 3.8) is 0 Å². The van der Waals surface area contributed by atoms with Gasteiger partial charge in [-0.15, -0.1) is 0 Å². The molecule has 0 saturated heterocycles. The summed E-state index contributed by atoms with van der Waals surface area (Å²) in [5, 5.41) is 1.33. The SMILES string of the molecule is Cc1cc2ccccc2n1C1=Cc2ccccc2[CH]1[Hf+2][CH]1C=Cc2ccccc21.[Cl-].[Cl-]. The molecule has 2 atom stereocenters. The first-order valence-electron chi connectivity index (χ1n) is 10.2. The van der Waals surface area contributed by atoms with E-state index in [1.165, 1.54) is 33.4 Å². The van der Waals surface area contributed by atoms with Gasteiger partial charge in [-0.2, -0.15) is 0 Å². The summed E-state index contributed by atoms with van der Waals surface area (Å²) in [5.74, 6) is 0. The Hall–Kier alpha value is -1.87. The van der Waals surface area contributed by atoms with Crippen molar-refractivity contribution >= 4 is 28.8 Å². The van der Waals surface area contributed by atoms with Gasteiger partial charge in [-0.3, -0.25) is 0 Å². The zero-order valence-electron chi connectivity index (χ0n) is 17.1. The van der Waals surface area contributed by atoms with Crippen LogP contribution in [0.25, 0.3) is 28.8 Å². The van der Waals surface area contributed by atoms with Crippen molar-refractivity contribution in [3.05, 3.63) is 113 Å². The molecule has 3 aromatic carbocycles. The third kappa shape index (κ3) is 3.69. The van der Waals surface area contributed by atoms with E-state index in [2.05, 4.69) is 109 Å². The topological polar surface area (TPSA) is 4.93 Å². The fraction of sp³-hybridized carbons (Fsp3) is 0.111. The van der Waals surface area contributed by atoms with E-state index in [0.717, 1.165) is 0 Å². The predicted molar refractivity (Wildman–Crippen MR) is 118 cm³/mol. The van der Waals surface area contributed by atoms with Crippen LogP contribution in [0.4, 0.5) is 0 Å². The molecule has 0 N–H and O–H groups in total. The largest absolute Gasteiger partial charge is 1.00 e. The summed E-state index contributed by atoms with van der Waals surface area (Å²) >= 11 is -1.11. The van der Waals surface area contributed by atoms with Gasteiger partial charge in [0.05, 0.1) is 0 Å². The second-order valence-corrected chi connectivity index (χ2v) is 13.4. The van der Waals surface area contributed by atoms with E-state index in [-0.39, 0.29) is 24.8 Å². The molecule has 2 aliphatic carbocycles. The first-order valence-corrected chi connectivity index (χ1v) is 14.4. The van der Waals surface area contributed by atoms with Gasteiger partial charge in [0.2, 0.25) is 0 Å². The van der Waals surface area contributed by atoms with E-state index in [9.17, 15) is 0 Å². The van der Waals surface area contributed by atoms with Crippen molar-refractivity contribution in [2.75, 3.05) is 0 Å². The zero-order chi connectivity index (χ0) is 19.4. The maximum absolute atomic E-state index is 2.53. The Balaban J connectivity index is 0.00000116. The minimum absolute atomic E-state index is 0. The number of hydrogen-bond acceptors (Lipinski definition) is 0. The summed E-state index contributed by atoms with van der Waals surface area (Å²) in [6.07, 6.45) is 7.28. The van der Waals surface area contributed by atoms with Crippen molar-refractivity contribution in [2.45, 2.75) is 14.3 Å². The van der Waals surface area contributed by atoms with Crippen LogP contribution in [-0.4, -0.2) is 4.57 Å². The van der Waals surface area contributed by atoms with Crippen molar-refractivity contribution in [1.82, 2.24) is 4.57 Å². The quantitative estimate of drug-likeness (QED) is 0.305. The first-order chi connectivity index (χ1) is 14.3. The molecule has 0 bridgehead atoms. The molecular weight excluding hydrogens is 588 g/mol. The Morgan fingerprint density at radius 1 is 0.774 bits per heavy atom. The molecule has 2 unspecified atom stereocenters. The molecule has 0 aliphatic heterocycles. The Morgan fingerprint density at radius 2 is 1.45 bits per heavy atom. The molecule has 1 heterocycles. The number of benzene rings is 3. The van der Waals surface area contributed by atoms with Gasteiger partial charge in [0, 0.05) is 0 Å². The van der Waals surface area contributed by atoms with Crippen LogP contribution in [0.5, 0.6) is 0 Å². The second-order valence-electron chi connectivity index (χ2n) is 7.94. The molecule has 0 spiro atoms. The van der Waals surface area contributed by atoms with Crippen molar-refractivity contribution in [1.29, 1.82) is 0 Å². The minimum atomic E-state index is -1.11. The Labute approximate surface area is 207 Å². The number of nitrogens with zero attached hydrogens (tertiary/aromatic N) is 1.